The van der Waals surface area contributed by atoms with Gasteiger partial charge in [0.15, 0.2) is 0 Å². The number of rotatable bonds is 7. The molecule has 1 aliphatic heterocycles. The summed E-state index contributed by atoms with van der Waals surface area (Å²) in [5.74, 6) is 0.627. The van der Waals surface area contributed by atoms with E-state index in [2.05, 4.69) is 26.1 Å². The van der Waals surface area contributed by atoms with E-state index < -0.39 is 0 Å². The largest absolute Gasteiger partial charge is 0.381 e. The predicted octanol–water partition coefficient (Wildman–Crippen LogP) is 1.82. The number of hydrogen-bond acceptors (Lipinski definition) is 3. The molecule has 0 amide bonds. The SMILES string of the molecule is CCNC(C)CC(C)OCC1CCOC1. The molecule has 90 valence electrons. The molecule has 1 fully saturated rings. The lowest BCUT2D eigenvalue weighted by Gasteiger charge is -2.19. The predicted molar refractivity (Wildman–Crippen MR) is 62.1 cm³/mol. The molecular weight excluding hydrogens is 190 g/mol. The Bertz CT molecular complexity index is 158. The first kappa shape index (κ1) is 12.9. The second kappa shape index (κ2) is 7.20. The van der Waals surface area contributed by atoms with Gasteiger partial charge in [-0.2, -0.15) is 0 Å². The van der Waals surface area contributed by atoms with E-state index in [1.807, 2.05) is 0 Å². The first-order valence-electron chi connectivity index (χ1n) is 6.15. The average Bonchev–Trinajstić information content (AvgIpc) is 2.67. The molecule has 1 aliphatic rings. The molecule has 3 atom stereocenters. The minimum absolute atomic E-state index is 0.347. The zero-order valence-electron chi connectivity index (χ0n) is 10.3. The molecule has 3 nitrogen and oxygen atoms in total. The van der Waals surface area contributed by atoms with Crippen molar-refractivity contribution in [3.8, 4) is 0 Å². The highest BCUT2D eigenvalue weighted by Crippen LogP contribution is 2.14. The molecule has 0 aromatic carbocycles. The summed E-state index contributed by atoms with van der Waals surface area (Å²) in [6.07, 6.45) is 2.59. The summed E-state index contributed by atoms with van der Waals surface area (Å²) in [5.41, 5.74) is 0. The fraction of sp³-hybridized carbons (Fsp3) is 1.00. The third-order valence-corrected chi connectivity index (χ3v) is 2.88. The van der Waals surface area contributed by atoms with Crippen LogP contribution < -0.4 is 5.32 Å². The van der Waals surface area contributed by atoms with Crippen molar-refractivity contribution in [1.82, 2.24) is 5.32 Å². The summed E-state index contributed by atoms with van der Waals surface area (Å²) < 4.78 is 11.1. The number of hydrogen-bond donors (Lipinski definition) is 1. The lowest BCUT2D eigenvalue weighted by atomic mass is 10.1. The third-order valence-electron chi connectivity index (χ3n) is 2.88. The monoisotopic (exact) mass is 215 g/mol. The normalized spacial score (nSPS) is 25.4. The van der Waals surface area contributed by atoms with Crippen LogP contribution in [0, 0.1) is 5.92 Å². The maximum absolute atomic E-state index is 5.82. The zero-order valence-corrected chi connectivity index (χ0v) is 10.3. The molecule has 0 saturated carbocycles. The van der Waals surface area contributed by atoms with Gasteiger partial charge in [0.1, 0.15) is 0 Å². The minimum Gasteiger partial charge on any atom is -0.381 e. The van der Waals surface area contributed by atoms with Crippen LogP contribution in [0.5, 0.6) is 0 Å². The summed E-state index contributed by atoms with van der Waals surface area (Å²) in [4.78, 5) is 0. The molecule has 0 aliphatic carbocycles. The van der Waals surface area contributed by atoms with Crippen molar-refractivity contribution < 1.29 is 9.47 Å². The molecule has 0 bridgehead atoms. The van der Waals surface area contributed by atoms with Gasteiger partial charge in [-0.1, -0.05) is 6.92 Å². The molecule has 0 aromatic heterocycles. The van der Waals surface area contributed by atoms with Gasteiger partial charge in [0.2, 0.25) is 0 Å². The Morgan fingerprint density at radius 3 is 2.87 bits per heavy atom. The van der Waals surface area contributed by atoms with Crippen molar-refractivity contribution in [3.63, 3.8) is 0 Å². The van der Waals surface area contributed by atoms with E-state index in [-0.39, 0.29) is 0 Å². The van der Waals surface area contributed by atoms with E-state index in [1.54, 1.807) is 0 Å². The zero-order chi connectivity index (χ0) is 11.1. The van der Waals surface area contributed by atoms with Gasteiger partial charge in [0.05, 0.1) is 19.3 Å². The highest BCUT2D eigenvalue weighted by atomic mass is 16.5. The van der Waals surface area contributed by atoms with Crippen molar-refractivity contribution >= 4 is 0 Å². The lowest BCUT2D eigenvalue weighted by Crippen LogP contribution is -2.30. The molecular formula is C12H25NO2. The van der Waals surface area contributed by atoms with E-state index >= 15 is 0 Å². The molecule has 1 saturated heterocycles. The van der Waals surface area contributed by atoms with Gasteiger partial charge in [0, 0.05) is 18.6 Å². The van der Waals surface area contributed by atoms with Crippen LogP contribution in [0.1, 0.15) is 33.6 Å². The van der Waals surface area contributed by atoms with Crippen LogP contribution >= 0.6 is 0 Å². The van der Waals surface area contributed by atoms with Crippen LogP contribution in [0.25, 0.3) is 0 Å². The van der Waals surface area contributed by atoms with E-state index in [0.29, 0.717) is 18.1 Å². The van der Waals surface area contributed by atoms with E-state index in [4.69, 9.17) is 9.47 Å². The molecule has 1 heterocycles. The quantitative estimate of drug-likeness (QED) is 0.702. The van der Waals surface area contributed by atoms with Gasteiger partial charge >= 0.3 is 0 Å². The highest BCUT2D eigenvalue weighted by molar-refractivity contribution is 4.67. The van der Waals surface area contributed by atoms with Gasteiger partial charge in [-0.05, 0) is 33.2 Å². The topological polar surface area (TPSA) is 30.5 Å². The molecule has 0 radical (unpaired) electrons. The molecule has 1 N–H and O–H groups in total. The molecule has 0 aromatic rings. The smallest absolute Gasteiger partial charge is 0.0561 e. The second-order valence-electron chi connectivity index (χ2n) is 4.57. The third kappa shape index (κ3) is 5.50. The van der Waals surface area contributed by atoms with Gasteiger partial charge in [-0.15, -0.1) is 0 Å². The maximum atomic E-state index is 5.82. The van der Waals surface area contributed by atoms with Crippen LogP contribution in [-0.4, -0.2) is 38.5 Å². The van der Waals surface area contributed by atoms with E-state index in [1.165, 1.54) is 0 Å². The van der Waals surface area contributed by atoms with Crippen molar-refractivity contribution in [2.24, 2.45) is 5.92 Å². The van der Waals surface area contributed by atoms with Crippen LogP contribution in [0.2, 0.25) is 0 Å². The first-order valence-corrected chi connectivity index (χ1v) is 6.15. The van der Waals surface area contributed by atoms with Gasteiger partial charge in [0.25, 0.3) is 0 Å². The standard InChI is InChI=1S/C12H25NO2/c1-4-13-10(2)7-11(3)15-9-12-5-6-14-8-12/h10-13H,4-9H2,1-3H3. The summed E-state index contributed by atoms with van der Waals surface area (Å²) in [6, 6.07) is 0.546. The maximum Gasteiger partial charge on any atom is 0.0561 e. The van der Waals surface area contributed by atoms with Crippen LogP contribution in [0.3, 0.4) is 0 Å². The lowest BCUT2D eigenvalue weighted by molar-refractivity contribution is 0.0277. The molecule has 1 rings (SSSR count). The number of ether oxygens (including phenoxy) is 2. The molecule has 3 heteroatoms. The Balaban J connectivity index is 2.04. The minimum atomic E-state index is 0.347. The Morgan fingerprint density at radius 2 is 2.27 bits per heavy atom. The molecule has 3 unspecified atom stereocenters. The second-order valence-corrected chi connectivity index (χ2v) is 4.57. The van der Waals surface area contributed by atoms with Gasteiger partial charge < -0.3 is 14.8 Å². The van der Waals surface area contributed by atoms with E-state index in [0.717, 1.165) is 39.2 Å². The first-order chi connectivity index (χ1) is 7.22. The summed E-state index contributed by atoms with van der Waals surface area (Å²) in [6.45, 7) is 10.2. The fourth-order valence-corrected chi connectivity index (χ4v) is 2.01. The van der Waals surface area contributed by atoms with Crippen LogP contribution in [-0.2, 0) is 9.47 Å². The van der Waals surface area contributed by atoms with Gasteiger partial charge in [-0.3, -0.25) is 0 Å². The van der Waals surface area contributed by atoms with E-state index in [9.17, 15) is 0 Å². The Morgan fingerprint density at radius 1 is 1.47 bits per heavy atom. The van der Waals surface area contributed by atoms with Crippen molar-refractivity contribution in [2.45, 2.75) is 45.8 Å². The van der Waals surface area contributed by atoms with Crippen LogP contribution in [0.4, 0.5) is 0 Å². The van der Waals surface area contributed by atoms with Crippen LogP contribution in [0.15, 0.2) is 0 Å². The summed E-state index contributed by atoms with van der Waals surface area (Å²) in [7, 11) is 0. The van der Waals surface area contributed by atoms with Crippen molar-refractivity contribution in [3.05, 3.63) is 0 Å². The summed E-state index contributed by atoms with van der Waals surface area (Å²) >= 11 is 0. The molecule has 0 spiro atoms. The average molecular weight is 215 g/mol. The Hall–Kier alpha value is -0.120. The fourth-order valence-electron chi connectivity index (χ4n) is 2.01. The van der Waals surface area contributed by atoms with Crippen molar-refractivity contribution in [2.75, 3.05) is 26.4 Å². The molecule has 15 heavy (non-hydrogen) atoms. The summed E-state index contributed by atoms with van der Waals surface area (Å²) in [5, 5.41) is 3.40. The Kier molecular flexibility index (Phi) is 6.22. The Labute approximate surface area is 93.5 Å². The number of nitrogens with one attached hydrogen (secondary N) is 1. The highest BCUT2D eigenvalue weighted by Gasteiger charge is 2.17. The van der Waals surface area contributed by atoms with Crippen molar-refractivity contribution in [1.29, 1.82) is 0 Å². The van der Waals surface area contributed by atoms with Gasteiger partial charge in [-0.25, -0.2) is 0 Å².